The average Bonchev–Trinajstić information content (AvgIpc) is 3.29. The van der Waals surface area contributed by atoms with Crippen molar-refractivity contribution in [3.63, 3.8) is 0 Å². The van der Waals surface area contributed by atoms with E-state index >= 15 is 0 Å². The number of esters is 3. The van der Waals surface area contributed by atoms with Crippen LogP contribution in [-0.2, 0) is 28.6 Å². The Morgan fingerprint density at radius 1 is 0.413 bits per heavy atom. The van der Waals surface area contributed by atoms with Gasteiger partial charge in [0.15, 0.2) is 0 Å². The van der Waals surface area contributed by atoms with Gasteiger partial charge in [-0.2, -0.15) is 0 Å². The summed E-state index contributed by atoms with van der Waals surface area (Å²) in [5.41, 5.74) is 5.85. The molecule has 1 saturated heterocycles. The predicted octanol–water partition coefficient (Wildman–Crippen LogP) is 10.1. The topological polar surface area (TPSA) is 118 Å². The summed E-state index contributed by atoms with van der Waals surface area (Å²) < 4.78 is 18.1. The maximum absolute atomic E-state index is 13.4. The molecule has 0 saturated carbocycles. The fourth-order valence-electron chi connectivity index (χ4n) is 8.78. The number of hydrogen-bond donors (Lipinski definition) is 1. The minimum absolute atomic E-state index is 0.0168. The Kier molecular flexibility index (Phi) is 39.1. The number of nitrogens with zero attached hydrogens (tertiary/aromatic N) is 4. The van der Waals surface area contributed by atoms with Crippen molar-refractivity contribution >= 4 is 17.9 Å². The first-order valence-electron chi connectivity index (χ1n) is 26.9. The molecule has 1 fully saturated rings. The molecule has 1 aliphatic rings. The van der Waals surface area contributed by atoms with Crippen LogP contribution in [0.1, 0.15) is 196 Å². The van der Waals surface area contributed by atoms with E-state index in [2.05, 4.69) is 61.1 Å². The molecule has 1 rings (SSSR count). The van der Waals surface area contributed by atoms with Crippen LogP contribution in [0.4, 0.5) is 0 Å². The van der Waals surface area contributed by atoms with Gasteiger partial charge in [-0.15, -0.1) is 0 Å². The molecule has 11 heteroatoms. The molecule has 372 valence electrons. The van der Waals surface area contributed by atoms with E-state index in [4.69, 9.17) is 19.9 Å². The van der Waals surface area contributed by atoms with Crippen LogP contribution in [0.5, 0.6) is 0 Å². The Morgan fingerprint density at radius 3 is 1.03 bits per heavy atom. The molecule has 0 spiro atoms. The van der Waals surface area contributed by atoms with Gasteiger partial charge in [0.1, 0.15) is 19.8 Å². The van der Waals surface area contributed by atoms with E-state index in [1.807, 2.05) is 0 Å². The molecular weight excluding hydrogens is 791 g/mol. The summed E-state index contributed by atoms with van der Waals surface area (Å²) in [6.07, 6.45) is 25.6. The lowest BCUT2D eigenvalue weighted by molar-refractivity contribution is -0.151. The maximum atomic E-state index is 13.4. The van der Waals surface area contributed by atoms with Gasteiger partial charge in [-0.1, -0.05) is 157 Å². The van der Waals surface area contributed by atoms with Crippen molar-refractivity contribution < 1.29 is 28.6 Å². The fourth-order valence-corrected chi connectivity index (χ4v) is 8.78. The molecule has 3 atom stereocenters. The summed E-state index contributed by atoms with van der Waals surface area (Å²) in [5.74, 6) is -0.261. The summed E-state index contributed by atoms with van der Waals surface area (Å²) in [5, 5.41) is 0. The third-order valence-corrected chi connectivity index (χ3v) is 13.3. The zero-order valence-electron chi connectivity index (χ0n) is 42.3. The fraction of sp³-hybridized carbons (Fsp3) is 0.942. The van der Waals surface area contributed by atoms with Gasteiger partial charge in [0, 0.05) is 85.1 Å². The molecule has 0 bridgehead atoms. The molecule has 3 unspecified atom stereocenters. The predicted molar refractivity (Wildman–Crippen MR) is 263 cm³/mol. The number of carbonyl (C=O) groups is 3. The van der Waals surface area contributed by atoms with Crippen molar-refractivity contribution in [1.29, 1.82) is 0 Å². The highest BCUT2D eigenvalue weighted by Crippen LogP contribution is 2.22. The number of carbonyl (C=O) groups excluding carboxylic acids is 3. The van der Waals surface area contributed by atoms with Crippen LogP contribution in [0, 0.1) is 17.8 Å². The molecule has 0 aromatic heterocycles. The molecule has 2 N–H and O–H groups in total. The van der Waals surface area contributed by atoms with Crippen molar-refractivity contribution in [1.82, 2.24) is 19.6 Å². The number of piperazine rings is 1. The summed E-state index contributed by atoms with van der Waals surface area (Å²) in [6, 6.07) is 0. The SMILES string of the molecule is CCCCCCC(CCCC)C(=O)OCCN(CCOC(=O)C(CCCC)CCCCCC)CCN(CCOC(=O)C(CCCC)CCCCCC)CCN1CCN(CCN)CC1. The van der Waals surface area contributed by atoms with Crippen molar-refractivity contribution in [3.8, 4) is 0 Å². The Morgan fingerprint density at radius 2 is 0.714 bits per heavy atom. The average molecular weight is 894 g/mol. The van der Waals surface area contributed by atoms with E-state index in [1.165, 1.54) is 44.9 Å². The Balaban J connectivity index is 3.10. The van der Waals surface area contributed by atoms with Gasteiger partial charge in [0.2, 0.25) is 0 Å². The van der Waals surface area contributed by atoms with Crippen LogP contribution in [0.2, 0.25) is 0 Å². The van der Waals surface area contributed by atoms with E-state index in [1.54, 1.807) is 0 Å². The molecule has 0 aromatic rings. The highest BCUT2D eigenvalue weighted by molar-refractivity contribution is 5.73. The minimum Gasteiger partial charge on any atom is -0.464 e. The Bertz CT molecular complexity index is 1030. The van der Waals surface area contributed by atoms with Gasteiger partial charge < -0.3 is 19.9 Å². The molecule has 0 radical (unpaired) electrons. The molecular formula is C52H103N5O6. The smallest absolute Gasteiger partial charge is 0.308 e. The van der Waals surface area contributed by atoms with Crippen molar-refractivity contribution in [2.45, 2.75) is 196 Å². The van der Waals surface area contributed by atoms with Gasteiger partial charge in [-0.25, -0.2) is 0 Å². The van der Waals surface area contributed by atoms with Crippen LogP contribution in [0.15, 0.2) is 0 Å². The third-order valence-electron chi connectivity index (χ3n) is 13.3. The molecule has 63 heavy (non-hydrogen) atoms. The zero-order chi connectivity index (χ0) is 46.2. The van der Waals surface area contributed by atoms with E-state index in [9.17, 15) is 14.4 Å². The molecule has 0 aromatic carbocycles. The lowest BCUT2D eigenvalue weighted by Gasteiger charge is -2.36. The monoisotopic (exact) mass is 894 g/mol. The molecule has 0 amide bonds. The normalized spacial score (nSPS) is 15.2. The quantitative estimate of drug-likeness (QED) is 0.0358. The summed E-state index contributed by atoms with van der Waals surface area (Å²) >= 11 is 0. The largest absolute Gasteiger partial charge is 0.464 e. The standard InChI is InChI=1S/C52H103N5O6/c1-7-13-19-22-28-47(25-16-10-4)50(58)61-44-41-56(38-37-55-35-33-54(32-31-53)34-36-55)39-40-57(42-45-62-51(59)48(26-17-11-5)29-23-20-14-8-2)43-46-63-52(60)49(27-18-12-6)30-24-21-15-9-3/h47-49H,7-46,53H2,1-6H3. The van der Waals surface area contributed by atoms with Crippen molar-refractivity contribution in [2.24, 2.45) is 23.5 Å². The summed E-state index contributed by atoms with van der Waals surface area (Å²) in [4.78, 5) is 50.0. The highest BCUT2D eigenvalue weighted by Gasteiger charge is 2.24. The molecule has 0 aliphatic carbocycles. The van der Waals surface area contributed by atoms with Crippen molar-refractivity contribution in [2.75, 3.05) is 105 Å². The van der Waals surface area contributed by atoms with E-state index < -0.39 is 0 Å². The van der Waals surface area contributed by atoms with Crippen LogP contribution in [0.3, 0.4) is 0 Å². The first-order chi connectivity index (χ1) is 30.8. The second kappa shape index (κ2) is 41.6. The number of nitrogens with two attached hydrogens (primary N) is 1. The van der Waals surface area contributed by atoms with Gasteiger partial charge in [-0.3, -0.25) is 34.0 Å². The maximum Gasteiger partial charge on any atom is 0.308 e. The Hall–Kier alpha value is -1.79. The van der Waals surface area contributed by atoms with Crippen LogP contribution in [-0.4, -0.2) is 142 Å². The number of rotatable bonds is 44. The van der Waals surface area contributed by atoms with E-state index in [0.29, 0.717) is 46.0 Å². The first kappa shape index (κ1) is 59.2. The second-order valence-electron chi connectivity index (χ2n) is 18.7. The number of hydrogen-bond acceptors (Lipinski definition) is 11. The lowest BCUT2D eigenvalue weighted by atomic mass is 9.95. The molecule has 1 aliphatic heterocycles. The van der Waals surface area contributed by atoms with Crippen LogP contribution in [0.25, 0.3) is 0 Å². The highest BCUT2D eigenvalue weighted by atomic mass is 16.5. The first-order valence-corrected chi connectivity index (χ1v) is 26.9. The van der Waals surface area contributed by atoms with Gasteiger partial charge in [0.25, 0.3) is 0 Å². The number of ether oxygens (including phenoxy) is 3. The van der Waals surface area contributed by atoms with Gasteiger partial charge in [-0.05, 0) is 38.5 Å². The van der Waals surface area contributed by atoms with Crippen LogP contribution >= 0.6 is 0 Å². The third kappa shape index (κ3) is 30.9. The van der Waals surface area contributed by atoms with Crippen LogP contribution < -0.4 is 5.73 Å². The summed E-state index contributed by atoms with van der Waals surface area (Å²) in [6.45, 7) is 25.1. The molecule has 1 heterocycles. The zero-order valence-corrected chi connectivity index (χ0v) is 42.3. The Labute approximate surface area is 389 Å². The van der Waals surface area contributed by atoms with E-state index in [-0.39, 0.29) is 35.7 Å². The van der Waals surface area contributed by atoms with Gasteiger partial charge in [0.05, 0.1) is 17.8 Å². The van der Waals surface area contributed by atoms with Crippen molar-refractivity contribution in [3.05, 3.63) is 0 Å². The van der Waals surface area contributed by atoms with E-state index in [0.717, 1.165) is 168 Å². The lowest BCUT2D eigenvalue weighted by Crippen LogP contribution is -2.50. The minimum atomic E-state index is -0.0641. The second-order valence-corrected chi connectivity index (χ2v) is 18.7. The number of unbranched alkanes of at least 4 members (excludes halogenated alkanes) is 12. The molecule has 11 nitrogen and oxygen atoms in total. The summed E-state index contributed by atoms with van der Waals surface area (Å²) in [7, 11) is 0. The van der Waals surface area contributed by atoms with Gasteiger partial charge >= 0.3 is 17.9 Å².